The maximum Gasteiger partial charge on any atom is 1.00 e. The van der Waals surface area contributed by atoms with Crippen molar-refractivity contribution < 1.29 is 86.3 Å². The molecular formula is C37H36F2N2O4Rb-. The Balaban J connectivity index is 0.000000334. The fourth-order valence-electron chi connectivity index (χ4n) is 4.08. The van der Waals surface area contributed by atoms with Gasteiger partial charge in [-0.05, 0) is 68.1 Å². The molecule has 1 unspecified atom stereocenters. The summed E-state index contributed by atoms with van der Waals surface area (Å²) < 4.78 is 38.8. The Morgan fingerprint density at radius 2 is 1.87 bits per heavy atom. The zero-order valence-electron chi connectivity index (χ0n) is 26.9. The number of hydrogen-bond donors (Lipinski definition) is 1. The first-order chi connectivity index (χ1) is 21.5. The van der Waals surface area contributed by atoms with E-state index in [1.165, 1.54) is 31.0 Å². The molecule has 0 radical (unpaired) electrons. The third-order valence-electron chi connectivity index (χ3n) is 7.01. The minimum atomic E-state index is -0.867. The summed E-state index contributed by atoms with van der Waals surface area (Å²) >= 11 is 0. The van der Waals surface area contributed by atoms with Crippen molar-refractivity contribution in [1.29, 1.82) is 5.26 Å². The number of nitriles is 1. The zero-order chi connectivity index (χ0) is 32.9. The predicted molar refractivity (Wildman–Crippen MR) is 169 cm³/mol. The third kappa shape index (κ3) is 12.3. The Labute approximate surface area is 318 Å². The monoisotopic (exact) mass is 695 g/mol. The van der Waals surface area contributed by atoms with E-state index in [9.17, 15) is 13.6 Å². The van der Waals surface area contributed by atoms with Gasteiger partial charge in [0.05, 0.1) is 23.3 Å². The number of benzene rings is 3. The number of pyridine rings is 1. The molecule has 3 aromatic carbocycles. The van der Waals surface area contributed by atoms with Crippen molar-refractivity contribution in [2.45, 2.75) is 59.7 Å². The number of rotatable bonds is 8. The van der Waals surface area contributed by atoms with E-state index in [2.05, 4.69) is 18.0 Å². The van der Waals surface area contributed by atoms with Gasteiger partial charge in [-0.15, -0.1) is 17.2 Å². The summed E-state index contributed by atoms with van der Waals surface area (Å²) in [5.41, 5.74) is 5.10. The number of allylic oxidation sites excluding steroid dienone is 1. The number of aromatic carboxylic acids is 1. The molecule has 4 aromatic rings. The molecule has 1 saturated heterocycles. The second kappa shape index (κ2) is 19.6. The Morgan fingerprint density at radius 1 is 1.13 bits per heavy atom. The first-order valence-corrected chi connectivity index (χ1v) is 14.5. The normalized spacial score (nSPS) is 12.8. The van der Waals surface area contributed by atoms with Gasteiger partial charge in [0, 0.05) is 29.7 Å². The van der Waals surface area contributed by atoms with Crippen LogP contribution in [0.3, 0.4) is 0 Å². The first kappa shape index (κ1) is 39.1. The molecule has 0 bridgehead atoms. The van der Waals surface area contributed by atoms with E-state index in [1.54, 1.807) is 43.3 Å². The van der Waals surface area contributed by atoms with Gasteiger partial charge in [0.2, 0.25) is 5.88 Å². The number of aromatic nitrogens is 1. The van der Waals surface area contributed by atoms with E-state index in [4.69, 9.17) is 26.4 Å². The molecule has 0 aliphatic carbocycles. The van der Waals surface area contributed by atoms with Gasteiger partial charge in [0.15, 0.2) is 0 Å². The van der Waals surface area contributed by atoms with E-state index < -0.39 is 17.6 Å². The number of aryl methyl sites for hydroxylation is 2. The molecule has 6 nitrogen and oxygen atoms in total. The molecular weight excluding hydrogens is 660 g/mol. The quantitative estimate of drug-likeness (QED) is 0.249. The van der Waals surface area contributed by atoms with Crippen LogP contribution in [0, 0.1) is 49.5 Å². The summed E-state index contributed by atoms with van der Waals surface area (Å²) in [4.78, 5) is 14.8. The second-order valence-corrected chi connectivity index (χ2v) is 10.6. The Morgan fingerprint density at radius 3 is 2.39 bits per heavy atom. The molecule has 0 saturated carbocycles. The van der Waals surface area contributed by atoms with Gasteiger partial charge < -0.3 is 21.2 Å². The number of nitrogens with zero attached hydrogens (tertiary/aromatic N) is 2. The summed E-state index contributed by atoms with van der Waals surface area (Å²) in [5, 5.41) is 17.4. The van der Waals surface area contributed by atoms with Crippen LogP contribution in [0.15, 0.2) is 72.3 Å². The van der Waals surface area contributed by atoms with Gasteiger partial charge >= 0.3 is 64.2 Å². The zero-order valence-corrected chi connectivity index (χ0v) is 31.8. The van der Waals surface area contributed by atoms with Crippen molar-refractivity contribution in [3.05, 3.63) is 130 Å². The average Bonchev–Trinajstić information content (AvgIpc) is 2.99. The molecule has 0 amide bonds. The summed E-state index contributed by atoms with van der Waals surface area (Å²) in [6, 6.07) is 22.2. The molecule has 9 heteroatoms. The molecule has 1 fully saturated rings. The molecule has 1 atom stereocenters. The van der Waals surface area contributed by atoms with E-state index >= 15 is 0 Å². The third-order valence-corrected chi connectivity index (χ3v) is 7.01. The summed E-state index contributed by atoms with van der Waals surface area (Å²) in [7, 11) is 0. The van der Waals surface area contributed by atoms with Gasteiger partial charge in [-0.1, -0.05) is 38.5 Å². The number of hydrogen-bond acceptors (Lipinski definition) is 5. The van der Waals surface area contributed by atoms with E-state index in [-0.39, 0.29) is 76.2 Å². The smallest absolute Gasteiger partial charge is 0.514 e. The Kier molecular flexibility index (Phi) is 16.6. The van der Waals surface area contributed by atoms with Crippen LogP contribution in [0.25, 0.3) is 11.3 Å². The maximum atomic E-state index is 14.2. The minimum absolute atomic E-state index is 0. The largest absolute Gasteiger partial charge is 1.00 e. The fourth-order valence-corrected chi connectivity index (χ4v) is 4.08. The molecule has 0 spiro atoms. The molecule has 1 aliphatic heterocycles. The predicted octanol–water partition coefficient (Wildman–Crippen LogP) is 5.39. The standard InChI is InChI=1S/C23H16F2N2O.C9H10O2.C5H10O.Rb/c1-15(2)10-17-8-9-18(12-21(17)25)22-4-3-5-23(27-22)28-14-19-7-6-16(13-26)11-20(19)24;1-6-3-4-8(9(10)11)5-7(6)2;1-2-5-3-4-6-5;/h1,3-7,9,11-12H,10,14H2,2H3;3-5H,1-2H3,(H,10,11);5H,2-4H2,1H3;/q-2;;;+1. The topological polar surface area (TPSA) is 92.4 Å². The van der Waals surface area contributed by atoms with E-state index in [0.29, 0.717) is 46.0 Å². The minimum Gasteiger partial charge on any atom is -0.514 e. The average molecular weight is 696 g/mol. The number of ether oxygens (including phenoxy) is 2. The molecule has 1 aromatic heterocycles. The van der Waals surface area contributed by atoms with Gasteiger partial charge in [0.1, 0.15) is 12.4 Å². The summed E-state index contributed by atoms with van der Waals surface area (Å²) in [5.74, 6) is -1.52. The van der Waals surface area contributed by atoms with Gasteiger partial charge in [0.25, 0.3) is 0 Å². The SMILES string of the molecule is CCC1CCO1.Cc1ccc(C(=O)O)cc1C.[CH-]=C(C)Cc1[c-]cc(-c2cccc(OCc3ccc(C#N)cc3F)n2)cc1F.[Rb+]. The molecule has 5 rings (SSSR count). The van der Waals surface area contributed by atoms with Crippen molar-refractivity contribution in [1.82, 2.24) is 4.98 Å². The van der Waals surface area contributed by atoms with Crippen LogP contribution in [0.2, 0.25) is 0 Å². The Hall–Kier alpha value is -3.06. The van der Waals surface area contributed by atoms with Crippen molar-refractivity contribution in [3.8, 4) is 23.2 Å². The van der Waals surface area contributed by atoms with Crippen LogP contribution in [-0.4, -0.2) is 28.8 Å². The van der Waals surface area contributed by atoms with Crippen LogP contribution in [-0.2, 0) is 17.8 Å². The van der Waals surface area contributed by atoms with Gasteiger partial charge in [-0.2, -0.15) is 17.4 Å². The van der Waals surface area contributed by atoms with E-state index in [1.807, 2.05) is 26.0 Å². The van der Waals surface area contributed by atoms with Crippen LogP contribution in [0.4, 0.5) is 8.78 Å². The summed E-state index contributed by atoms with van der Waals surface area (Å²) in [6.07, 6.45) is 3.42. The molecule has 2 heterocycles. The first-order valence-electron chi connectivity index (χ1n) is 14.5. The van der Waals surface area contributed by atoms with Crippen molar-refractivity contribution in [3.63, 3.8) is 0 Å². The van der Waals surface area contributed by atoms with Crippen molar-refractivity contribution >= 4 is 5.97 Å². The number of carbonyl (C=O) groups is 1. The second-order valence-electron chi connectivity index (χ2n) is 10.6. The van der Waals surface area contributed by atoms with Crippen molar-refractivity contribution in [2.24, 2.45) is 0 Å². The van der Waals surface area contributed by atoms with Crippen LogP contribution < -0.4 is 62.9 Å². The van der Waals surface area contributed by atoms with Gasteiger partial charge in [-0.3, -0.25) is 9.96 Å². The molecule has 1 aliphatic rings. The number of halogens is 2. The summed E-state index contributed by atoms with van der Waals surface area (Å²) in [6.45, 7) is 14.3. The van der Waals surface area contributed by atoms with Crippen LogP contribution >= 0.6 is 0 Å². The van der Waals surface area contributed by atoms with Crippen molar-refractivity contribution in [2.75, 3.05) is 6.61 Å². The van der Waals surface area contributed by atoms with E-state index in [0.717, 1.165) is 23.8 Å². The fraction of sp³-hybridized carbons (Fsp3) is 0.270. The number of carboxylic acids is 1. The maximum absolute atomic E-state index is 14.2. The molecule has 46 heavy (non-hydrogen) atoms. The molecule has 1 N–H and O–H groups in total. The van der Waals surface area contributed by atoms with Crippen LogP contribution in [0.5, 0.6) is 5.88 Å². The van der Waals surface area contributed by atoms with Crippen LogP contribution in [0.1, 0.15) is 64.9 Å². The molecule has 234 valence electrons. The van der Waals surface area contributed by atoms with Gasteiger partial charge in [-0.25, -0.2) is 14.2 Å². The number of carboxylic acid groups (broad SMARTS) is 1. The Bertz CT molecular complexity index is 1680.